The molecule has 1 aromatic carbocycles. The second-order valence-electron chi connectivity index (χ2n) is 3.46. The summed E-state index contributed by atoms with van der Waals surface area (Å²) in [5, 5.41) is 3.20. The summed E-state index contributed by atoms with van der Waals surface area (Å²) >= 11 is 5.91. The predicted octanol–water partition coefficient (Wildman–Crippen LogP) is 1.81. The molecular weight excluding hydrogens is 200 g/mol. The van der Waals surface area contributed by atoms with Crippen LogP contribution in [0.15, 0.2) is 18.2 Å². The average Bonchev–Trinajstić information content (AvgIpc) is 2.93. The normalized spacial score (nSPS) is 15.2. The molecule has 0 heterocycles. The first-order valence-corrected chi connectivity index (χ1v) is 4.91. The lowest BCUT2D eigenvalue weighted by Gasteiger charge is -2.06. The van der Waals surface area contributed by atoms with Crippen molar-refractivity contribution in [3.8, 4) is 0 Å². The van der Waals surface area contributed by atoms with Gasteiger partial charge in [-0.2, -0.15) is 0 Å². The van der Waals surface area contributed by atoms with Crippen LogP contribution in [0.25, 0.3) is 0 Å². The minimum atomic E-state index is -0.134. The average molecular weight is 211 g/mol. The van der Waals surface area contributed by atoms with Gasteiger partial charge in [0, 0.05) is 6.04 Å². The molecule has 0 radical (unpaired) electrons. The number of hydrogen-bond donors (Lipinski definition) is 2. The predicted molar refractivity (Wildman–Crippen MR) is 56.4 cm³/mol. The Bertz CT molecular complexity index is 374. The van der Waals surface area contributed by atoms with E-state index >= 15 is 0 Å². The van der Waals surface area contributed by atoms with Crippen LogP contribution in [0.5, 0.6) is 0 Å². The van der Waals surface area contributed by atoms with Crippen molar-refractivity contribution in [1.82, 2.24) is 5.32 Å². The Hall–Kier alpha value is -1.22. The van der Waals surface area contributed by atoms with Crippen LogP contribution in [0.4, 0.5) is 5.69 Å². The second-order valence-corrected chi connectivity index (χ2v) is 3.83. The maximum atomic E-state index is 11.6. The quantitative estimate of drug-likeness (QED) is 0.732. The van der Waals surface area contributed by atoms with Gasteiger partial charge >= 0.3 is 0 Å². The third kappa shape index (κ3) is 1.82. The van der Waals surface area contributed by atoms with Crippen LogP contribution in [-0.4, -0.2) is 11.9 Å². The van der Waals surface area contributed by atoms with E-state index in [1.807, 2.05) is 0 Å². The van der Waals surface area contributed by atoms with Crippen molar-refractivity contribution in [2.45, 2.75) is 18.9 Å². The lowest BCUT2D eigenvalue weighted by atomic mass is 10.2. The Morgan fingerprint density at radius 3 is 2.86 bits per heavy atom. The maximum Gasteiger partial charge on any atom is 0.253 e. The molecule has 0 unspecified atom stereocenters. The second kappa shape index (κ2) is 3.50. The maximum absolute atomic E-state index is 11.6. The number of carbonyl (C=O) groups is 1. The Kier molecular flexibility index (Phi) is 2.33. The standard InChI is InChI=1S/C10H11ClN2O/c11-9-7(2-1-3-8(9)12)10(14)13-6-4-5-6/h1-3,6H,4-5,12H2,(H,13,14). The number of carbonyl (C=O) groups excluding carboxylic acids is 1. The molecule has 1 aromatic rings. The molecule has 0 bridgehead atoms. The topological polar surface area (TPSA) is 55.1 Å². The van der Waals surface area contributed by atoms with Gasteiger partial charge in [-0.05, 0) is 25.0 Å². The Morgan fingerprint density at radius 2 is 2.21 bits per heavy atom. The minimum absolute atomic E-state index is 0.134. The van der Waals surface area contributed by atoms with Crippen LogP contribution in [-0.2, 0) is 0 Å². The van der Waals surface area contributed by atoms with Crippen molar-refractivity contribution in [2.75, 3.05) is 5.73 Å². The van der Waals surface area contributed by atoms with Gasteiger partial charge in [-0.15, -0.1) is 0 Å². The molecule has 2 rings (SSSR count). The molecule has 0 aromatic heterocycles. The highest BCUT2D eigenvalue weighted by atomic mass is 35.5. The fraction of sp³-hybridized carbons (Fsp3) is 0.300. The fourth-order valence-corrected chi connectivity index (χ4v) is 1.43. The molecule has 0 saturated heterocycles. The summed E-state index contributed by atoms with van der Waals surface area (Å²) < 4.78 is 0. The molecule has 1 aliphatic carbocycles. The van der Waals surface area contributed by atoms with Crippen LogP contribution in [0.1, 0.15) is 23.2 Å². The first-order chi connectivity index (χ1) is 6.68. The van der Waals surface area contributed by atoms with Gasteiger partial charge in [-0.1, -0.05) is 17.7 Å². The lowest BCUT2D eigenvalue weighted by Crippen LogP contribution is -2.25. The van der Waals surface area contributed by atoms with Gasteiger partial charge in [0.2, 0.25) is 0 Å². The highest BCUT2D eigenvalue weighted by Gasteiger charge is 2.24. The van der Waals surface area contributed by atoms with Gasteiger partial charge in [0.25, 0.3) is 5.91 Å². The van der Waals surface area contributed by atoms with Crippen molar-refractivity contribution in [3.63, 3.8) is 0 Å². The number of benzene rings is 1. The highest BCUT2D eigenvalue weighted by molar-refractivity contribution is 6.36. The number of nitrogen functional groups attached to an aromatic ring is 1. The molecule has 3 N–H and O–H groups in total. The van der Waals surface area contributed by atoms with Gasteiger partial charge in [0.1, 0.15) is 0 Å². The largest absolute Gasteiger partial charge is 0.398 e. The molecule has 74 valence electrons. The zero-order valence-corrected chi connectivity index (χ0v) is 8.34. The summed E-state index contributed by atoms with van der Waals surface area (Å²) in [5.41, 5.74) is 6.49. The van der Waals surface area contributed by atoms with Crippen molar-refractivity contribution < 1.29 is 4.79 Å². The van der Waals surface area contributed by atoms with Crippen molar-refractivity contribution in [1.29, 1.82) is 0 Å². The number of nitrogens with two attached hydrogens (primary N) is 1. The van der Waals surface area contributed by atoms with Crippen molar-refractivity contribution in [2.24, 2.45) is 0 Å². The fourth-order valence-electron chi connectivity index (χ4n) is 1.22. The third-order valence-corrected chi connectivity index (χ3v) is 2.61. The SMILES string of the molecule is Nc1cccc(C(=O)NC2CC2)c1Cl. The van der Waals surface area contributed by atoms with Crippen molar-refractivity contribution >= 4 is 23.2 Å². The summed E-state index contributed by atoms with van der Waals surface area (Å²) in [4.78, 5) is 11.6. The molecule has 0 atom stereocenters. The van der Waals surface area contributed by atoms with Gasteiger partial charge in [-0.25, -0.2) is 0 Å². The Labute approximate surface area is 87.2 Å². The zero-order chi connectivity index (χ0) is 10.1. The molecular formula is C10H11ClN2O. The molecule has 14 heavy (non-hydrogen) atoms. The van der Waals surface area contributed by atoms with Crippen LogP contribution in [0.2, 0.25) is 5.02 Å². The molecule has 3 nitrogen and oxygen atoms in total. The number of nitrogens with one attached hydrogen (secondary N) is 1. The smallest absolute Gasteiger partial charge is 0.253 e. The number of anilines is 1. The van der Waals surface area contributed by atoms with Gasteiger partial charge in [0.05, 0.1) is 16.3 Å². The van der Waals surface area contributed by atoms with E-state index in [4.69, 9.17) is 17.3 Å². The molecule has 1 saturated carbocycles. The van der Waals surface area contributed by atoms with E-state index < -0.39 is 0 Å². The number of rotatable bonds is 2. The van der Waals surface area contributed by atoms with Crippen LogP contribution < -0.4 is 11.1 Å². The van der Waals surface area contributed by atoms with Gasteiger partial charge in [0.15, 0.2) is 0 Å². The number of halogens is 1. The first kappa shape index (κ1) is 9.34. The monoisotopic (exact) mass is 210 g/mol. The summed E-state index contributed by atoms with van der Waals surface area (Å²) in [6, 6.07) is 5.41. The Balaban J connectivity index is 2.21. The van der Waals surface area contributed by atoms with Gasteiger partial charge in [-0.3, -0.25) is 4.79 Å². The van der Waals surface area contributed by atoms with E-state index in [0.717, 1.165) is 12.8 Å². The van der Waals surface area contributed by atoms with E-state index in [1.165, 1.54) is 0 Å². The van der Waals surface area contributed by atoms with Crippen molar-refractivity contribution in [3.05, 3.63) is 28.8 Å². The molecule has 1 amide bonds. The molecule has 4 heteroatoms. The van der Waals surface area contributed by atoms with Crippen LogP contribution in [0, 0.1) is 0 Å². The van der Waals surface area contributed by atoms with E-state index in [2.05, 4.69) is 5.32 Å². The first-order valence-electron chi connectivity index (χ1n) is 4.53. The summed E-state index contributed by atoms with van der Waals surface area (Å²) in [7, 11) is 0. The Morgan fingerprint density at radius 1 is 1.50 bits per heavy atom. The molecule has 0 aliphatic heterocycles. The van der Waals surface area contributed by atoms with Crippen LogP contribution in [0.3, 0.4) is 0 Å². The van der Waals surface area contributed by atoms with E-state index in [1.54, 1.807) is 18.2 Å². The lowest BCUT2D eigenvalue weighted by molar-refractivity contribution is 0.0951. The molecule has 1 aliphatic rings. The molecule has 1 fully saturated rings. The van der Waals surface area contributed by atoms with E-state index in [-0.39, 0.29) is 5.91 Å². The number of hydrogen-bond acceptors (Lipinski definition) is 2. The van der Waals surface area contributed by atoms with E-state index in [9.17, 15) is 4.79 Å². The van der Waals surface area contributed by atoms with Gasteiger partial charge < -0.3 is 11.1 Å². The zero-order valence-electron chi connectivity index (χ0n) is 7.59. The highest BCUT2D eigenvalue weighted by Crippen LogP contribution is 2.25. The third-order valence-electron chi connectivity index (χ3n) is 2.19. The molecule has 0 spiro atoms. The van der Waals surface area contributed by atoms with E-state index in [0.29, 0.717) is 22.3 Å². The summed E-state index contributed by atoms with van der Waals surface area (Å²) in [6.45, 7) is 0. The summed E-state index contributed by atoms with van der Waals surface area (Å²) in [5.74, 6) is -0.134. The number of amides is 1. The minimum Gasteiger partial charge on any atom is -0.398 e. The summed E-state index contributed by atoms with van der Waals surface area (Å²) in [6.07, 6.45) is 2.12. The van der Waals surface area contributed by atoms with Crippen LogP contribution >= 0.6 is 11.6 Å².